The second kappa shape index (κ2) is 5.44. The molecule has 98 valence electrons. The predicted octanol–water partition coefficient (Wildman–Crippen LogP) is 2.98. The first-order chi connectivity index (χ1) is 9.06. The molecule has 2 aromatic carbocycles. The molecular formula is C15H14O4. The minimum absolute atomic E-state index is 0.192. The van der Waals surface area contributed by atoms with Crippen molar-refractivity contribution in [2.45, 2.75) is 13.5 Å². The molecule has 2 rings (SSSR count). The lowest BCUT2D eigenvalue weighted by atomic mass is 10.1. The Balaban J connectivity index is 2.10. The zero-order valence-corrected chi connectivity index (χ0v) is 10.5. The fourth-order valence-electron chi connectivity index (χ4n) is 1.75. The van der Waals surface area contributed by atoms with E-state index in [-0.39, 0.29) is 17.9 Å². The van der Waals surface area contributed by atoms with Crippen LogP contribution in [0.25, 0.3) is 0 Å². The van der Waals surface area contributed by atoms with E-state index in [2.05, 4.69) is 0 Å². The number of phenolic OH excluding ortho intramolecular Hbond substituents is 1. The number of carbonyl (C=O) groups is 1. The van der Waals surface area contributed by atoms with Crippen LogP contribution in [0.3, 0.4) is 0 Å². The molecular weight excluding hydrogens is 244 g/mol. The highest BCUT2D eigenvalue weighted by Crippen LogP contribution is 2.23. The van der Waals surface area contributed by atoms with E-state index in [0.29, 0.717) is 5.75 Å². The SMILES string of the molecule is Cc1cc(O)ccc1OCc1cccc(C(=O)O)c1. The van der Waals surface area contributed by atoms with Gasteiger partial charge in [-0.1, -0.05) is 12.1 Å². The summed E-state index contributed by atoms with van der Waals surface area (Å²) >= 11 is 0. The van der Waals surface area contributed by atoms with Crippen molar-refractivity contribution in [2.75, 3.05) is 0 Å². The van der Waals surface area contributed by atoms with Crippen molar-refractivity contribution in [1.29, 1.82) is 0 Å². The summed E-state index contributed by atoms with van der Waals surface area (Å²) in [5.74, 6) is -0.0982. The van der Waals surface area contributed by atoms with Crippen LogP contribution >= 0.6 is 0 Å². The Morgan fingerprint density at radius 3 is 2.68 bits per heavy atom. The molecule has 0 aliphatic carbocycles. The summed E-state index contributed by atoms with van der Waals surface area (Å²) in [7, 11) is 0. The number of carboxylic acids is 1. The minimum atomic E-state index is -0.956. The van der Waals surface area contributed by atoms with Crippen LogP contribution in [0.5, 0.6) is 11.5 Å². The molecule has 4 nitrogen and oxygen atoms in total. The largest absolute Gasteiger partial charge is 0.508 e. The predicted molar refractivity (Wildman–Crippen MR) is 70.6 cm³/mol. The van der Waals surface area contributed by atoms with Gasteiger partial charge in [-0.3, -0.25) is 0 Å². The topological polar surface area (TPSA) is 66.8 Å². The fraction of sp³-hybridized carbons (Fsp3) is 0.133. The number of aromatic hydroxyl groups is 1. The molecule has 0 aliphatic heterocycles. The third kappa shape index (κ3) is 3.25. The van der Waals surface area contributed by atoms with E-state index in [0.717, 1.165) is 11.1 Å². The Kier molecular flexibility index (Phi) is 3.71. The van der Waals surface area contributed by atoms with Crippen LogP contribution in [-0.4, -0.2) is 16.2 Å². The van der Waals surface area contributed by atoms with Crippen molar-refractivity contribution >= 4 is 5.97 Å². The first-order valence-electron chi connectivity index (χ1n) is 5.81. The van der Waals surface area contributed by atoms with Gasteiger partial charge in [-0.15, -0.1) is 0 Å². The lowest BCUT2D eigenvalue weighted by Gasteiger charge is -2.09. The lowest BCUT2D eigenvalue weighted by Crippen LogP contribution is -2.00. The van der Waals surface area contributed by atoms with Gasteiger partial charge in [-0.25, -0.2) is 4.79 Å². The van der Waals surface area contributed by atoms with E-state index < -0.39 is 5.97 Å². The normalized spacial score (nSPS) is 10.2. The Hall–Kier alpha value is -2.49. The third-order valence-corrected chi connectivity index (χ3v) is 2.73. The quantitative estimate of drug-likeness (QED) is 0.884. The van der Waals surface area contributed by atoms with Crippen LogP contribution in [0.4, 0.5) is 0 Å². The highest BCUT2D eigenvalue weighted by atomic mass is 16.5. The van der Waals surface area contributed by atoms with E-state index in [1.807, 2.05) is 13.0 Å². The van der Waals surface area contributed by atoms with Gasteiger partial charge in [-0.2, -0.15) is 0 Å². The van der Waals surface area contributed by atoms with Crippen LogP contribution in [0.2, 0.25) is 0 Å². The van der Waals surface area contributed by atoms with Gasteiger partial charge in [0.15, 0.2) is 0 Å². The Labute approximate surface area is 110 Å². The molecule has 0 unspecified atom stereocenters. The number of benzene rings is 2. The van der Waals surface area contributed by atoms with Crippen molar-refractivity contribution in [3.63, 3.8) is 0 Å². The van der Waals surface area contributed by atoms with Crippen molar-refractivity contribution < 1.29 is 19.7 Å². The zero-order valence-electron chi connectivity index (χ0n) is 10.5. The molecule has 4 heteroatoms. The number of aromatic carboxylic acids is 1. The third-order valence-electron chi connectivity index (χ3n) is 2.73. The van der Waals surface area contributed by atoms with Gasteiger partial charge in [-0.05, 0) is 48.4 Å². The van der Waals surface area contributed by atoms with Crippen molar-refractivity contribution in [2.24, 2.45) is 0 Å². The number of hydrogen-bond donors (Lipinski definition) is 2. The zero-order chi connectivity index (χ0) is 13.8. The maximum atomic E-state index is 10.9. The number of ether oxygens (including phenoxy) is 1. The number of carboxylic acid groups (broad SMARTS) is 1. The van der Waals surface area contributed by atoms with E-state index in [9.17, 15) is 9.90 Å². The van der Waals surface area contributed by atoms with Gasteiger partial charge in [0.05, 0.1) is 5.56 Å². The summed E-state index contributed by atoms with van der Waals surface area (Å²) in [6.45, 7) is 2.12. The van der Waals surface area contributed by atoms with Gasteiger partial charge >= 0.3 is 5.97 Å². The van der Waals surface area contributed by atoms with Gasteiger partial charge < -0.3 is 14.9 Å². The van der Waals surface area contributed by atoms with Crippen LogP contribution in [0, 0.1) is 6.92 Å². The van der Waals surface area contributed by atoms with Gasteiger partial charge in [0, 0.05) is 0 Å². The molecule has 0 heterocycles. The average molecular weight is 258 g/mol. The molecule has 2 aromatic rings. The van der Waals surface area contributed by atoms with Crippen molar-refractivity contribution in [3.8, 4) is 11.5 Å². The van der Waals surface area contributed by atoms with Crippen LogP contribution in [0.15, 0.2) is 42.5 Å². The maximum absolute atomic E-state index is 10.9. The first-order valence-corrected chi connectivity index (χ1v) is 5.81. The van der Waals surface area contributed by atoms with Gasteiger partial charge in [0.25, 0.3) is 0 Å². The Morgan fingerprint density at radius 2 is 2.00 bits per heavy atom. The highest BCUT2D eigenvalue weighted by Gasteiger charge is 2.05. The molecule has 0 radical (unpaired) electrons. The molecule has 0 aliphatic rings. The molecule has 0 spiro atoms. The fourth-order valence-corrected chi connectivity index (χ4v) is 1.75. The Morgan fingerprint density at radius 1 is 1.21 bits per heavy atom. The van der Waals surface area contributed by atoms with Gasteiger partial charge in [0.1, 0.15) is 18.1 Å². The molecule has 0 bridgehead atoms. The van der Waals surface area contributed by atoms with E-state index in [4.69, 9.17) is 9.84 Å². The summed E-state index contributed by atoms with van der Waals surface area (Å²) < 4.78 is 5.61. The summed E-state index contributed by atoms with van der Waals surface area (Å²) in [5, 5.41) is 18.2. The smallest absolute Gasteiger partial charge is 0.335 e. The molecule has 0 atom stereocenters. The highest BCUT2D eigenvalue weighted by molar-refractivity contribution is 5.87. The maximum Gasteiger partial charge on any atom is 0.335 e. The van der Waals surface area contributed by atoms with E-state index in [1.54, 1.807) is 30.3 Å². The van der Waals surface area contributed by atoms with Crippen molar-refractivity contribution in [1.82, 2.24) is 0 Å². The number of phenols is 1. The number of hydrogen-bond acceptors (Lipinski definition) is 3. The molecule has 0 saturated heterocycles. The molecule has 19 heavy (non-hydrogen) atoms. The Bertz CT molecular complexity index is 605. The van der Waals surface area contributed by atoms with Crippen LogP contribution in [0.1, 0.15) is 21.5 Å². The molecule has 0 fully saturated rings. The minimum Gasteiger partial charge on any atom is -0.508 e. The summed E-state index contributed by atoms with van der Waals surface area (Å²) in [6, 6.07) is 11.5. The second-order valence-electron chi connectivity index (χ2n) is 4.24. The first kappa shape index (κ1) is 13.0. The number of aryl methyl sites for hydroxylation is 1. The number of rotatable bonds is 4. The molecule has 0 saturated carbocycles. The second-order valence-corrected chi connectivity index (χ2v) is 4.24. The van der Waals surface area contributed by atoms with Crippen LogP contribution < -0.4 is 4.74 Å². The average Bonchev–Trinajstić information content (AvgIpc) is 2.38. The van der Waals surface area contributed by atoms with Crippen molar-refractivity contribution in [3.05, 3.63) is 59.2 Å². The van der Waals surface area contributed by atoms with Crippen LogP contribution in [-0.2, 0) is 6.61 Å². The molecule has 0 amide bonds. The van der Waals surface area contributed by atoms with E-state index in [1.165, 1.54) is 6.07 Å². The van der Waals surface area contributed by atoms with Gasteiger partial charge in [0.2, 0.25) is 0 Å². The molecule has 0 aromatic heterocycles. The molecule has 2 N–H and O–H groups in total. The summed E-state index contributed by atoms with van der Waals surface area (Å²) in [5.41, 5.74) is 1.85. The monoisotopic (exact) mass is 258 g/mol. The van der Waals surface area contributed by atoms with E-state index >= 15 is 0 Å². The standard InChI is InChI=1S/C15H14O4/c1-10-7-13(16)5-6-14(10)19-9-11-3-2-4-12(8-11)15(17)18/h2-8,16H,9H2,1H3,(H,17,18). The summed E-state index contributed by atoms with van der Waals surface area (Å²) in [6.07, 6.45) is 0. The lowest BCUT2D eigenvalue weighted by molar-refractivity contribution is 0.0696. The summed E-state index contributed by atoms with van der Waals surface area (Å²) in [4.78, 5) is 10.9.